The van der Waals surface area contributed by atoms with Gasteiger partial charge < -0.3 is 0 Å². The Morgan fingerprint density at radius 1 is 1.53 bits per heavy atom. The molecule has 0 fully saturated rings. The zero-order valence-electron chi connectivity index (χ0n) is 9.16. The largest absolute Gasteiger partial charge is 0.300 e. The minimum absolute atomic E-state index is 0.304. The van der Waals surface area contributed by atoms with E-state index < -0.39 is 0 Å². The summed E-state index contributed by atoms with van der Waals surface area (Å²) in [7, 11) is 0. The lowest BCUT2D eigenvalue weighted by Crippen LogP contribution is -2.04. The summed E-state index contributed by atoms with van der Waals surface area (Å²) in [6.07, 6.45) is 5.26. The quantitative estimate of drug-likeness (QED) is 0.770. The molecule has 1 heterocycles. The maximum Gasteiger partial charge on any atom is 0.133 e. The van der Waals surface area contributed by atoms with Gasteiger partial charge in [-0.1, -0.05) is 25.4 Å². The van der Waals surface area contributed by atoms with Crippen LogP contribution >= 0.6 is 11.6 Å². The fourth-order valence-electron chi connectivity index (χ4n) is 1.44. The number of halogens is 1. The second kappa shape index (κ2) is 5.86. The van der Waals surface area contributed by atoms with Crippen LogP contribution < -0.4 is 0 Å². The lowest BCUT2D eigenvalue weighted by Gasteiger charge is -2.05. The summed E-state index contributed by atoms with van der Waals surface area (Å²) in [4.78, 5) is 15.4. The second-order valence-electron chi connectivity index (χ2n) is 4.10. The van der Waals surface area contributed by atoms with Crippen LogP contribution in [0.1, 0.15) is 32.3 Å². The highest BCUT2D eigenvalue weighted by atomic mass is 35.5. The molecule has 0 aliphatic rings. The fraction of sp³-hybridized carbons (Fsp3) is 0.500. The molecule has 0 atom stereocenters. The van der Waals surface area contributed by atoms with Gasteiger partial charge in [0.1, 0.15) is 5.78 Å². The molecule has 1 aromatic heterocycles. The number of hydrogen-bond donors (Lipinski definition) is 0. The molecule has 0 amide bonds. The molecule has 2 nitrogen and oxygen atoms in total. The highest BCUT2D eigenvalue weighted by molar-refractivity contribution is 6.31. The molecular weight excluding hydrogens is 210 g/mol. The average Bonchev–Trinajstić information content (AvgIpc) is 2.15. The van der Waals surface area contributed by atoms with Crippen LogP contribution in [0, 0.1) is 5.92 Å². The number of carbonyl (C=O) groups is 1. The van der Waals surface area contributed by atoms with Crippen molar-refractivity contribution in [3.63, 3.8) is 0 Å². The van der Waals surface area contributed by atoms with Crippen molar-refractivity contribution in [3.8, 4) is 0 Å². The van der Waals surface area contributed by atoms with Gasteiger partial charge in [0.2, 0.25) is 0 Å². The van der Waals surface area contributed by atoms with Crippen molar-refractivity contribution < 1.29 is 4.79 Å². The normalized spacial score (nSPS) is 10.7. The van der Waals surface area contributed by atoms with E-state index in [2.05, 4.69) is 18.8 Å². The van der Waals surface area contributed by atoms with Gasteiger partial charge in [-0.25, -0.2) is 0 Å². The summed E-state index contributed by atoms with van der Waals surface area (Å²) in [6, 6.07) is 1.87. The Morgan fingerprint density at radius 3 is 2.87 bits per heavy atom. The molecule has 0 spiro atoms. The lowest BCUT2D eigenvalue weighted by molar-refractivity contribution is -0.119. The van der Waals surface area contributed by atoms with Crippen molar-refractivity contribution in [2.45, 2.75) is 33.1 Å². The number of Topliss-reactive ketones (excluding diaryl/α,β-unsaturated/α-hetero) is 1. The summed E-state index contributed by atoms with van der Waals surface area (Å²) in [6.45, 7) is 4.11. The van der Waals surface area contributed by atoms with Crippen molar-refractivity contribution >= 4 is 17.4 Å². The minimum atomic E-state index is 0.304. The van der Waals surface area contributed by atoms with Gasteiger partial charge >= 0.3 is 0 Å². The van der Waals surface area contributed by atoms with Gasteiger partial charge in [0.25, 0.3) is 0 Å². The predicted molar refractivity (Wildman–Crippen MR) is 62.0 cm³/mol. The topological polar surface area (TPSA) is 30.0 Å². The Hall–Kier alpha value is -0.890. The molecule has 0 radical (unpaired) electrons. The Bertz CT molecular complexity index is 336. The van der Waals surface area contributed by atoms with E-state index in [1.165, 1.54) is 0 Å². The smallest absolute Gasteiger partial charge is 0.133 e. The number of nitrogens with zero attached hydrogens (tertiary/aromatic N) is 1. The van der Waals surface area contributed by atoms with E-state index in [1.807, 2.05) is 6.07 Å². The number of pyridine rings is 1. The molecule has 0 unspecified atom stereocenters. The molecular formula is C12H16ClNO. The summed E-state index contributed by atoms with van der Waals surface area (Å²) >= 11 is 5.94. The number of rotatable bonds is 5. The van der Waals surface area contributed by atoms with Gasteiger partial charge in [-0.2, -0.15) is 0 Å². The van der Waals surface area contributed by atoms with Gasteiger partial charge in [0.05, 0.1) is 5.02 Å². The molecule has 82 valence electrons. The van der Waals surface area contributed by atoms with Gasteiger partial charge in [-0.3, -0.25) is 9.78 Å². The molecule has 15 heavy (non-hydrogen) atoms. The maximum atomic E-state index is 11.5. The van der Waals surface area contributed by atoms with E-state index in [0.29, 0.717) is 36.0 Å². The van der Waals surface area contributed by atoms with E-state index >= 15 is 0 Å². The van der Waals surface area contributed by atoms with E-state index in [0.717, 1.165) is 5.56 Å². The van der Waals surface area contributed by atoms with Crippen LogP contribution in [0.2, 0.25) is 5.02 Å². The van der Waals surface area contributed by atoms with E-state index in [9.17, 15) is 4.79 Å². The highest BCUT2D eigenvalue weighted by Gasteiger charge is 2.07. The first-order chi connectivity index (χ1) is 7.09. The first-order valence-electron chi connectivity index (χ1n) is 5.19. The molecule has 0 bridgehead atoms. The van der Waals surface area contributed by atoms with Gasteiger partial charge in [0, 0.05) is 25.2 Å². The molecule has 0 saturated carbocycles. The van der Waals surface area contributed by atoms with Crippen LogP contribution in [0.5, 0.6) is 0 Å². The summed E-state index contributed by atoms with van der Waals surface area (Å²) in [5.41, 5.74) is 1.00. The lowest BCUT2D eigenvalue weighted by atomic mass is 10.0. The van der Waals surface area contributed by atoms with E-state index in [1.54, 1.807) is 12.4 Å². The maximum absolute atomic E-state index is 11.5. The van der Waals surface area contributed by atoms with Gasteiger partial charge in [-0.05, 0) is 24.0 Å². The van der Waals surface area contributed by atoms with Crippen LogP contribution in [0.25, 0.3) is 0 Å². The Balaban J connectivity index is 2.44. The highest BCUT2D eigenvalue weighted by Crippen LogP contribution is 2.16. The fourth-order valence-corrected chi connectivity index (χ4v) is 1.65. The average molecular weight is 226 g/mol. The first-order valence-corrected chi connectivity index (χ1v) is 5.57. The third-order valence-electron chi connectivity index (χ3n) is 2.17. The van der Waals surface area contributed by atoms with Crippen molar-refractivity contribution in [2.75, 3.05) is 0 Å². The molecule has 3 heteroatoms. The summed E-state index contributed by atoms with van der Waals surface area (Å²) in [5, 5.41) is 0.648. The minimum Gasteiger partial charge on any atom is -0.300 e. The zero-order chi connectivity index (χ0) is 11.3. The summed E-state index contributed by atoms with van der Waals surface area (Å²) in [5.74, 6) is 0.739. The number of carbonyl (C=O) groups excluding carboxylic acids is 1. The predicted octanol–water partition coefficient (Wildman–Crippen LogP) is 3.28. The van der Waals surface area contributed by atoms with Crippen molar-refractivity contribution in [3.05, 3.63) is 29.0 Å². The summed E-state index contributed by atoms with van der Waals surface area (Å²) < 4.78 is 0. The van der Waals surface area contributed by atoms with Gasteiger partial charge in [0.15, 0.2) is 0 Å². The van der Waals surface area contributed by atoms with Crippen LogP contribution in [0.4, 0.5) is 0 Å². The third-order valence-corrected chi connectivity index (χ3v) is 2.51. The number of aromatic nitrogens is 1. The Morgan fingerprint density at radius 2 is 2.27 bits per heavy atom. The molecule has 0 N–H and O–H groups in total. The monoisotopic (exact) mass is 225 g/mol. The SMILES string of the molecule is CC(C)CC(=O)CCc1ccncc1Cl. The van der Waals surface area contributed by atoms with Gasteiger partial charge in [-0.15, -0.1) is 0 Å². The Labute approximate surface area is 95.7 Å². The molecule has 0 aromatic carbocycles. The van der Waals surface area contributed by atoms with Crippen molar-refractivity contribution in [1.29, 1.82) is 0 Å². The van der Waals surface area contributed by atoms with Crippen LogP contribution in [-0.2, 0) is 11.2 Å². The van der Waals surface area contributed by atoms with Crippen LogP contribution in [0.3, 0.4) is 0 Å². The molecule has 0 aliphatic heterocycles. The van der Waals surface area contributed by atoms with Crippen LogP contribution in [0.15, 0.2) is 18.5 Å². The number of hydrogen-bond acceptors (Lipinski definition) is 2. The number of aryl methyl sites for hydroxylation is 1. The zero-order valence-corrected chi connectivity index (χ0v) is 9.92. The third kappa shape index (κ3) is 4.43. The van der Waals surface area contributed by atoms with E-state index in [-0.39, 0.29) is 0 Å². The standard InChI is InChI=1S/C12H16ClNO/c1-9(2)7-11(15)4-3-10-5-6-14-8-12(10)13/h5-6,8-9H,3-4,7H2,1-2H3. The first kappa shape index (κ1) is 12.2. The van der Waals surface area contributed by atoms with Crippen molar-refractivity contribution in [2.24, 2.45) is 5.92 Å². The van der Waals surface area contributed by atoms with Crippen LogP contribution in [-0.4, -0.2) is 10.8 Å². The van der Waals surface area contributed by atoms with E-state index in [4.69, 9.17) is 11.6 Å². The van der Waals surface area contributed by atoms with Crippen molar-refractivity contribution in [1.82, 2.24) is 4.98 Å². The Kier molecular flexibility index (Phi) is 4.76. The molecule has 0 saturated heterocycles. The number of ketones is 1. The molecule has 1 aromatic rings. The molecule has 0 aliphatic carbocycles. The molecule has 1 rings (SSSR count). The second-order valence-corrected chi connectivity index (χ2v) is 4.51.